The lowest BCUT2D eigenvalue weighted by atomic mass is 10.1. The summed E-state index contributed by atoms with van der Waals surface area (Å²) in [4.78, 5) is 29.0. The number of rotatable bonds is 1. The van der Waals surface area contributed by atoms with E-state index >= 15 is 0 Å². The number of nitrogens with zero attached hydrogens (tertiary/aromatic N) is 2. The van der Waals surface area contributed by atoms with E-state index in [0.717, 1.165) is 15.7 Å². The standard InChI is InChI=1S/C12H10BrN3O2/c13-8-2-1-3-9-7(8)5-16(6-14-9)10-4-11(17)15-12(10)18/h1-3,6,10H,4-5H2,(H,15,17,18). The Balaban J connectivity index is 1.89. The zero-order chi connectivity index (χ0) is 12.7. The number of imide groups is 1. The van der Waals surface area contributed by atoms with Crippen LogP contribution >= 0.6 is 15.9 Å². The van der Waals surface area contributed by atoms with E-state index in [1.165, 1.54) is 0 Å². The van der Waals surface area contributed by atoms with Crippen LogP contribution < -0.4 is 5.32 Å². The van der Waals surface area contributed by atoms with Crippen molar-refractivity contribution >= 4 is 39.8 Å². The molecule has 0 spiro atoms. The molecule has 2 aliphatic heterocycles. The molecule has 0 saturated carbocycles. The average Bonchev–Trinajstić information content (AvgIpc) is 2.69. The van der Waals surface area contributed by atoms with Crippen LogP contribution in [0.5, 0.6) is 0 Å². The van der Waals surface area contributed by atoms with E-state index in [4.69, 9.17) is 0 Å². The molecule has 5 nitrogen and oxygen atoms in total. The Morgan fingerprint density at radius 3 is 2.94 bits per heavy atom. The van der Waals surface area contributed by atoms with Gasteiger partial charge in [0, 0.05) is 16.6 Å². The van der Waals surface area contributed by atoms with Crippen molar-refractivity contribution in [3.63, 3.8) is 0 Å². The second-order valence-electron chi connectivity index (χ2n) is 4.29. The molecular formula is C12H10BrN3O2. The molecule has 0 radical (unpaired) electrons. The van der Waals surface area contributed by atoms with Crippen LogP contribution in [-0.4, -0.2) is 29.1 Å². The first-order chi connectivity index (χ1) is 8.65. The van der Waals surface area contributed by atoms with E-state index in [1.807, 2.05) is 18.2 Å². The molecule has 0 bridgehead atoms. The quantitative estimate of drug-likeness (QED) is 0.796. The van der Waals surface area contributed by atoms with Gasteiger partial charge < -0.3 is 4.90 Å². The number of halogens is 1. The Morgan fingerprint density at radius 2 is 2.22 bits per heavy atom. The predicted octanol–water partition coefficient (Wildman–Crippen LogP) is 1.34. The molecule has 2 heterocycles. The van der Waals surface area contributed by atoms with Crippen LogP contribution in [0.25, 0.3) is 0 Å². The Labute approximate surface area is 112 Å². The molecule has 2 aliphatic rings. The summed E-state index contributed by atoms with van der Waals surface area (Å²) in [7, 11) is 0. The fourth-order valence-corrected chi connectivity index (χ4v) is 2.66. The maximum Gasteiger partial charge on any atom is 0.249 e. The molecule has 1 aromatic rings. The number of aliphatic imine (C=N–C) groups is 1. The predicted molar refractivity (Wildman–Crippen MR) is 69.4 cm³/mol. The van der Waals surface area contributed by atoms with Gasteiger partial charge >= 0.3 is 0 Å². The number of fused-ring (bicyclic) bond motifs is 1. The SMILES string of the molecule is O=C1CC(N2C=Nc3cccc(Br)c3C2)C(=O)N1. The molecule has 1 N–H and O–H groups in total. The summed E-state index contributed by atoms with van der Waals surface area (Å²) in [6.07, 6.45) is 1.84. The topological polar surface area (TPSA) is 61.8 Å². The first-order valence-corrected chi connectivity index (χ1v) is 6.35. The molecule has 1 aromatic carbocycles. The highest BCUT2D eigenvalue weighted by molar-refractivity contribution is 9.10. The summed E-state index contributed by atoms with van der Waals surface area (Å²) >= 11 is 3.48. The maximum atomic E-state index is 11.6. The third kappa shape index (κ3) is 1.82. The molecule has 18 heavy (non-hydrogen) atoms. The minimum absolute atomic E-state index is 0.199. The minimum Gasteiger partial charge on any atom is -0.346 e. The van der Waals surface area contributed by atoms with Crippen molar-refractivity contribution in [1.29, 1.82) is 0 Å². The summed E-state index contributed by atoms with van der Waals surface area (Å²) in [5, 5.41) is 2.31. The third-order valence-electron chi connectivity index (χ3n) is 3.12. The maximum absolute atomic E-state index is 11.6. The first kappa shape index (κ1) is 11.4. The van der Waals surface area contributed by atoms with Gasteiger partial charge in [-0.2, -0.15) is 0 Å². The molecule has 1 fully saturated rings. The lowest BCUT2D eigenvalue weighted by Gasteiger charge is -2.28. The number of nitrogens with one attached hydrogen (secondary N) is 1. The molecule has 0 aromatic heterocycles. The van der Waals surface area contributed by atoms with Crippen molar-refractivity contribution in [2.75, 3.05) is 0 Å². The number of hydrogen-bond acceptors (Lipinski definition) is 4. The van der Waals surface area contributed by atoms with E-state index in [9.17, 15) is 9.59 Å². The Morgan fingerprint density at radius 1 is 1.39 bits per heavy atom. The number of carbonyl (C=O) groups is 2. The number of carbonyl (C=O) groups excluding carboxylic acids is 2. The summed E-state index contributed by atoms with van der Waals surface area (Å²) in [6, 6.07) is 5.34. The van der Waals surface area contributed by atoms with Crippen molar-refractivity contribution in [3.8, 4) is 0 Å². The lowest BCUT2D eigenvalue weighted by Crippen LogP contribution is -2.40. The summed E-state index contributed by atoms with van der Waals surface area (Å²) in [5.41, 5.74) is 1.93. The van der Waals surface area contributed by atoms with Gasteiger partial charge in [-0.25, -0.2) is 4.99 Å². The number of benzene rings is 1. The van der Waals surface area contributed by atoms with Crippen LogP contribution in [0.15, 0.2) is 27.7 Å². The molecule has 2 amide bonds. The Hall–Kier alpha value is -1.69. The van der Waals surface area contributed by atoms with Gasteiger partial charge in [0.15, 0.2) is 0 Å². The smallest absolute Gasteiger partial charge is 0.249 e. The number of hydrogen-bond donors (Lipinski definition) is 1. The fourth-order valence-electron chi connectivity index (χ4n) is 2.18. The highest BCUT2D eigenvalue weighted by Crippen LogP contribution is 2.31. The van der Waals surface area contributed by atoms with Crippen LogP contribution in [0.3, 0.4) is 0 Å². The van der Waals surface area contributed by atoms with Crippen LogP contribution in [-0.2, 0) is 16.1 Å². The Kier molecular flexibility index (Phi) is 2.66. The minimum atomic E-state index is -0.443. The van der Waals surface area contributed by atoms with E-state index in [1.54, 1.807) is 11.2 Å². The van der Waals surface area contributed by atoms with Crippen molar-refractivity contribution < 1.29 is 9.59 Å². The molecule has 0 aliphatic carbocycles. The summed E-state index contributed by atoms with van der Waals surface area (Å²) in [6.45, 7) is 0.575. The summed E-state index contributed by atoms with van der Waals surface area (Å²) in [5.74, 6) is -0.474. The molecule has 6 heteroatoms. The molecule has 1 unspecified atom stereocenters. The highest BCUT2D eigenvalue weighted by atomic mass is 79.9. The van der Waals surface area contributed by atoms with Gasteiger partial charge in [0.05, 0.1) is 18.4 Å². The van der Waals surface area contributed by atoms with Gasteiger partial charge in [-0.15, -0.1) is 0 Å². The van der Waals surface area contributed by atoms with E-state index in [2.05, 4.69) is 26.2 Å². The molecule has 1 atom stereocenters. The van der Waals surface area contributed by atoms with Crippen LogP contribution in [0.1, 0.15) is 12.0 Å². The second kappa shape index (κ2) is 4.20. The van der Waals surface area contributed by atoms with Gasteiger partial charge in [-0.1, -0.05) is 22.0 Å². The Bertz CT molecular complexity index is 570. The first-order valence-electron chi connectivity index (χ1n) is 5.56. The van der Waals surface area contributed by atoms with E-state index in [0.29, 0.717) is 6.54 Å². The van der Waals surface area contributed by atoms with Gasteiger partial charge in [-0.3, -0.25) is 14.9 Å². The van der Waals surface area contributed by atoms with Gasteiger partial charge in [0.2, 0.25) is 11.8 Å². The fraction of sp³-hybridized carbons (Fsp3) is 0.250. The zero-order valence-electron chi connectivity index (χ0n) is 9.39. The molecule has 3 rings (SSSR count). The lowest BCUT2D eigenvalue weighted by molar-refractivity contribution is -0.125. The van der Waals surface area contributed by atoms with Crippen molar-refractivity contribution in [2.45, 2.75) is 19.0 Å². The third-order valence-corrected chi connectivity index (χ3v) is 3.87. The molecule has 92 valence electrons. The second-order valence-corrected chi connectivity index (χ2v) is 5.14. The normalized spacial score (nSPS) is 22.1. The van der Waals surface area contributed by atoms with Gasteiger partial charge in [0.25, 0.3) is 0 Å². The van der Waals surface area contributed by atoms with Crippen molar-refractivity contribution in [3.05, 3.63) is 28.2 Å². The monoisotopic (exact) mass is 307 g/mol. The largest absolute Gasteiger partial charge is 0.346 e. The van der Waals surface area contributed by atoms with Crippen LogP contribution in [0.4, 0.5) is 5.69 Å². The zero-order valence-corrected chi connectivity index (χ0v) is 11.0. The van der Waals surface area contributed by atoms with E-state index < -0.39 is 6.04 Å². The van der Waals surface area contributed by atoms with Crippen LogP contribution in [0, 0.1) is 0 Å². The van der Waals surface area contributed by atoms with E-state index in [-0.39, 0.29) is 18.2 Å². The number of amides is 2. The van der Waals surface area contributed by atoms with Crippen LogP contribution in [0.2, 0.25) is 0 Å². The van der Waals surface area contributed by atoms with Gasteiger partial charge in [0.1, 0.15) is 6.04 Å². The van der Waals surface area contributed by atoms with Crippen molar-refractivity contribution in [2.24, 2.45) is 4.99 Å². The summed E-state index contributed by atoms with van der Waals surface area (Å²) < 4.78 is 0.964. The molecular weight excluding hydrogens is 298 g/mol. The van der Waals surface area contributed by atoms with Crippen molar-refractivity contribution in [1.82, 2.24) is 10.2 Å². The molecule has 1 saturated heterocycles. The highest BCUT2D eigenvalue weighted by Gasteiger charge is 2.35. The average molecular weight is 308 g/mol. The van der Waals surface area contributed by atoms with Gasteiger partial charge in [-0.05, 0) is 12.1 Å².